The molecule has 138 valence electrons. The van der Waals surface area contributed by atoms with E-state index in [4.69, 9.17) is 9.47 Å². The van der Waals surface area contributed by atoms with E-state index in [-0.39, 0.29) is 24.7 Å². The molecule has 1 aromatic rings. The van der Waals surface area contributed by atoms with E-state index >= 15 is 0 Å². The molecular formula is C20H30N2O3. The van der Waals surface area contributed by atoms with Crippen LogP contribution in [-0.2, 0) is 9.53 Å². The van der Waals surface area contributed by atoms with E-state index in [0.29, 0.717) is 0 Å². The molecule has 1 aliphatic carbocycles. The Morgan fingerprint density at radius 1 is 1.08 bits per heavy atom. The highest BCUT2D eigenvalue weighted by molar-refractivity contribution is 5.77. The Hall–Kier alpha value is -1.75. The average Bonchev–Trinajstić information content (AvgIpc) is 2.68. The van der Waals surface area contributed by atoms with Crippen molar-refractivity contribution in [2.75, 3.05) is 31.7 Å². The van der Waals surface area contributed by atoms with Crippen LogP contribution in [0.2, 0.25) is 0 Å². The molecule has 1 saturated carbocycles. The summed E-state index contributed by atoms with van der Waals surface area (Å²) >= 11 is 0. The number of nitrogens with zero attached hydrogens (tertiary/aromatic N) is 1. The second kappa shape index (κ2) is 9.09. The fraction of sp³-hybridized carbons (Fsp3) is 0.650. The normalized spacial score (nSPS) is 19.6. The third kappa shape index (κ3) is 5.36. The van der Waals surface area contributed by atoms with Crippen LogP contribution in [0.1, 0.15) is 44.9 Å². The van der Waals surface area contributed by atoms with E-state index in [1.807, 2.05) is 12.1 Å². The first kappa shape index (κ1) is 18.1. The molecule has 0 spiro atoms. The van der Waals surface area contributed by atoms with E-state index in [1.165, 1.54) is 24.9 Å². The van der Waals surface area contributed by atoms with Gasteiger partial charge >= 0.3 is 0 Å². The van der Waals surface area contributed by atoms with Crippen LogP contribution in [0.15, 0.2) is 24.3 Å². The molecule has 0 bridgehead atoms. The maximum Gasteiger partial charge on any atom is 0.246 e. The van der Waals surface area contributed by atoms with Crippen molar-refractivity contribution < 1.29 is 14.3 Å². The molecule has 0 unspecified atom stereocenters. The number of piperidine rings is 1. The fourth-order valence-electron chi connectivity index (χ4n) is 3.77. The van der Waals surface area contributed by atoms with E-state index < -0.39 is 0 Å². The monoisotopic (exact) mass is 346 g/mol. The molecule has 0 atom stereocenters. The molecule has 25 heavy (non-hydrogen) atoms. The lowest BCUT2D eigenvalue weighted by Crippen LogP contribution is -2.46. The minimum absolute atomic E-state index is 0.0356. The van der Waals surface area contributed by atoms with Crippen LogP contribution in [0, 0.1) is 0 Å². The van der Waals surface area contributed by atoms with Crippen LogP contribution in [0.25, 0.3) is 0 Å². The Balaban J connectivity index is 1.37. The molecule has 5 nitrogen and oxygen atoms in total. The minimum atomic E-state index is 0.0356. The van der Waals surface area contributed by atoms with Gasteiger partial charge in [0, 0.05) is 24.8 Å². The number of anilines is 1. The van der Waals surface area contributed by atoms with Crippen molar-refractivity contribution >= 4 is 11.6 Å². The summed E-state index contributed by atoms with van der Waals surface area (Å²) in [6.45, 7) is 2.13. The number of carbonyl (C=O) groups is 1. The summed E-state index contributed by atoms with van der Waals surface area (Å²) < 4.78 is 11.0. The quantitative estimate of drug-likeness (QED) is 0.860. The zero-order valence-corrected chi connectivity index (χ0v) is 15.2. The van der Waals surface area contributed by atoms with Gasteiger partial charge in [-0.3, -0.25) is 4.79 Å². The van der Waals surface area contributed by atoms with Crippen LogP contribution < -0.4 is 15.0 Å². The van der Waals surface area contributed by atoms with Crippen molar-refractivity contribution in [1.82, 2.24) is 5.32 Å². The summed E-state index contributed by atoms with van der Waals surface area (Å²) in [4.78, 5) is 14.5. The van der Waals surface area contributed by atoms with Gasteiger partial charge in [-0.05, 0) is 49.9 Å². The van der Waals surface area contributed by atoms with Gasteiger partial charge in [0.15, 0.2) is 0 Å². The molecule has 1 amide bonds. The number of ether oxygens (including phenoxy) is 2. The lowest BCUT2D eigenvalue weighted by atomic mass is 9.98. The van der Waals surface area contributed by atoms with Crippen LogP contribution >= 0.6 is 0 Å². The van der Waals surface area contributed by atoms with Crippen LogP contribution in [-0.4, -0.2) is 44.9 Å². The Morgan fingerprint density at radius 2 is 1.76 bits per heavy atom. The predicted octanol–water partition coefficient (Wildman–Crippen LogP) is 3.13. The first-order valence-electron chi connectivity index (χ1n) is 9.54. The van der Waals surface area contributed by atoms with Gasteiger partial charge in [0.25, 0.3) is 0 Å². The van der Waals surface area contributed by atoms with Gasteiger partial charge in [-0.15, -0.1) is 0 Å². The summed E-state index contributed by atoms with van der Waals surface area (Å²) in [5.41, 5.74) is 1.21. The number of benzene rings is 1. The number of carbonyl (C=O) groups excluding carboxylic acids is 1. The van der Waals surface area contributed by atoms with E-state index in [9.17, 15) is 4.79 Å². The van der Waals surface area contributed by atoms with Crippen molar-refractivity contribution in [3.05, 3.63) is 24.3 Å². The average molecular weight is 346 g/mol. The zero-order valence-electron chi connectivity index (χ0n) is 15.2. The first-order valence-corrected chi connectivity index (χ1v) is 9.54. The van der Waals surface area contributed by atoms with E-state index in [2.05, 4.69) is 22.3 Å². The van der Waals surface area contributed by atoms with Crippen LogP contribution in [0.3, 0.4) is 0 Å². The number of methoxy groups -OCH3 is 1. The molecule has 1 saturated heterocycles. The van der Waals surface area contributed by atoms with Crippen LogP contribution in [0.5, 0.6) is 5.75 Å². The third-order valence-electron chi connectivity index (χ3n) is 5.30. The number of nitrogens with one attached hydrogen (secondary N) is 1. The molecule has 0 radical (unpaired) electrons. The zero-order chi connectivity index (χ0) is 17.5. The smallest absolute Gasteiger partial charge is 0.246 e. The Morgan fingerprint density at radius 3 is 2.40 bits per heavy atom. The number of rotatable bonds is 6. The molecule has 1 N–H and O–H groups in total. The maximum absolute atomic E-state index is 12.1. The Kier molecular flexibility index (Phi) is 6.56. The van der Waals surface area contributed by atoms with Gasteiger partial charge in [-0.2, -0.15) is 0 Å². The molecule has 1 aromatic carbocycles. The van der Waals surface area contributed by atoms with Crippen LogP contribution in [0.4, 0.5) is 5.69 Å². The third-order valence-corrected chi connectivity index (χ3v) is 5.30. The first-order chi connectivity index (χ1) is 12.2. The molecular weight excluding hydrogens is 316 g/mol. The summed E-state index contributed by atoms with van der Waals surface area (Å²) in [5, 5.41) is 3.14. The van der Waals surface area contributed by atoms with Gasteiger partial charge in [0.2, 0.25) is 5.91 Å². The predicted molar refractivity (Wildman–Crippen MR) is 99.2 cm³/mol. The summed E-state index contributed by atoms with van der Waals surface area (Å²) in [5.74, 6) is 0.914. The Bertz CT molecular complexity index is 532. The second-order valence-electron chi connectivity index (χ2n) is 7.10. The molecule has 5 heteroatoms. The van der Waals surface area contributed by atoms with Gasteiger partial charge in [0.1, 0.15) is 12.4 Å². The van der Waals surface area contributed by atoms with Gasteiger partial charge in [-0.25, -0.2) is 0 Å². The van der Waals surface area contributed by atoms with Gasteiger partial charge in [0.05, 0.1) is 13.2 Å². The van der Waals surface area contributed by atoms with Gasteiger partial charge in [-0.1, -0.05) is 19.3 Å². The number of amides is 1. The standard InChI is InChI=1S/C20H30N2O3/c1-24-18-9-7-17(8-10-18)22-13-11-16(12-14-22)21-20(23)15-25-19-5-3-2-4-6-19/h7-10,16,19H,2-6,11-15H2,1H3,(H,21,23). The topological polar surface area (TPSA) is 50.8 Å². The molecule has 1 heterocycles. The Labute approximate surface area is 150 Å². The van der Waals surface area contributed by atoms with Crippen molar-refractivity contribution in [1.29, 1.82) is 0 Å². The van der Waals surface area contributed by atoms with Crippen molar-refractivity contribution in [3.63, 3.8) is 0 Å². The molecule has 2 aliphatic rings. The second-order valence-corrected chi connectivity index (χ2v) is 7.10. The van der Waals surface area contributed by atoms with Crippen molar-refractivity contribution in [2.45, 2.75) is 57.1 Å². The summed E-state index contributed by atoms with van der Waals surface area (Å²) in [6.07, 6.45) is 8.21. The molecule has 3 rings (SSSR count). The SMILES string of the molecule is COc1ccc(N2CCC(NC(=O)COC3CCCCC3)CC2)cc1. The van der Waals surface area contributed by atoms with E-state index in [1.54, 1.807) is 7.11 Å². The molecule has 1 aliphatic heterocycles. The van der Waals surface area contributed by atoms with Crippen molar-refractivity contribution in [3.8, 4) is 5.75 Å². The molecule has 2 fully saturated rings. The summed E-state index contributed by atoms with van der Waals surface area (Å²) in [7, 11) is 1.68. The highest BCUT2D eigenvalue weighted by Crippen LogP contribution is 2.23. The summed E-state index contributed by atoms with van der Waals surface area (Å²) in [6, 6.07) is 8.43. The minimum Gasteiger partial charge on any atom is -0.497 e. The maximum atomic E-state index is 12.1. The number of hydrogen-bond acceptors (Lipinski definition) is 4. The highest BCUT2D eigenvalue weighted by Gasteiger charge is 2.22. The van der Waals surface area contributed by atoms with E-state index in [0.717, 1.165) is 44.5 Å². The molecule has 0 aromatic heterocycles. The van der Waals surface area contributed by atoms with Crippen molar-refractivity contribution in [2.24, 2.45) is 0 Å². The lowest BCUT2D eigenvalue weighted by Gasteiger charge is -2.34. The lowest BCUT2D eigenvalue weighted by molar-refractivity contribution is -0.129. The highest BCUT2D eigenvalue weighted by atomic mass is 16.5. The fourth-order valence-corrected chi connectivity index (χ4v) is 3.77. The largest absolute Gasteiger partial charge is 0.497 e. The number of hydrogen-bond donors (Lipinski definition) is 1. The van der Waals surface area contributed by atoms with Gasteiger partial charge < -0.3 is 19.7 Å².